The number of halogens is 1. The molecule has 3 rings (SSSR count). The maximum absolute atomic E-state index is 14.4. The minimum absolute atomic E-state index is 0.154. The number of amides is 1. The van der Waals surface area contributed by atoms with E-state index in [-0.39, 0.29) is 22.5 Å². The topological polar surface area (TPSA) is 75.3 Å². The number of hydrogen-bond donors (Lipinski definition) is 2. The summed E-state index contributed by atoms with van der Waals surface area (Å²) in [4.78, 5) is 13.7. The van der Waals surface area contributed by atoms with Crippen LogP contribution in [0.3, 0.4) is 0 Å². The fourth-order valence-corrected chi connectivity index (χ4v) is 5.08. The molecule has 8 heteroatoms. The van der Waals surface area contributed by atoms with Gasteiger partial charge in [-0.2, -0.15) is 0 Å². The third-order valence-corrected chi connectivity index (χ3v) is 7.00. The van der Waals surface area contributed by atoms with E-state index in [1.165, 1.54) is 11.3 Å². The molecular formula is C22H23FN2O3S2. The lowest BCUT2D eigenvalue weighted by Gasteiger charge is -2.18. The summed E-state index contributed by atoms with van der Waals surface area (Å²) in [6.45, 7) is 3.37. The Kier molecular flexibility index (Phi) is 7.02. The summed E-state index contributed by atoms with van der Waals surface area (Å²) in [5, 5.41) is 4.77. The Morgan fingerprint density at radius 1 is 1.07 bits per heavy atom. The second-order valence-electron chi connectivity index (χ2n) is 7.15. The molecule has 2 N–H and O–H groups in total. The average molecular weight is 447 g/mol. The van der Waals surface area contributed by atoms with Crippen LogP contribution in [0.4, 0.5) is 4.39 Å². The highest BCUT2D eigenvalue weighted by atomic mass is 32.2. The van der Waals surface area contributed by atoms with E-state index in [2.05, 4.69) is 10.0 Å². The SMILES string of the molecule is CC(C)NS(=O)(=O)c1ccc(F)c(C(=O)NC(Cc2ccccc2)c2cccs2)c1. The van der Waals surface area contributed by atoms with Crippen molar-refractivity contribution in [1.82, 2.24) is 10.0 Å². The zero-order chi connectivity index (χ0) is 21.7. The van der Waals surface area contributed by atoms with Gasteiger partial charge in [0.05, 0.1) is 16.5 Å². The third kappa shape index (κ3) is 5.53. The van der Waals surface area contributed by atoms with E-state index in [1.807, 2.05) is 47.8 Å². The van der Waals surface area contributed by atoms with E-state index in [0.29, 0.717) is 6.42 Å². The van der Waals surface area contributed by atoms with Crippen LogP contribution in [0.2, 0.25) is 0 Å². The highest BCUT2D eigenvalue weighted by Crippen LogP contribution is 2.24. The van der Waals surface area contributed by atoms with Crippen LogP contribution in [0.1, 0.15) is 40.7 Å². The second-order valence-corrected chi connectivity index (χ2v) is 9.84. The molecule has 1 atom stereocenters. The van der Waals surface area contributed by atoms with Crippen molar-refractivity contribution in [2.45, 2.75) is 37.2 Å². The molecule has 5 nitrogen and oxygen atoms in total. The van der Waals surface area contributed by atoms with E-state index >= 15 is 0 Å². The van der Waals surface area contributed by atoms with E-state index in [0.717, 1.165) is 28.6 Å². The number of hydrogen-bond acceptors (Lipinski definition) is 4. The second kappa shape index (κ2) is 9.51. The fourth-order valence-electron chi connectivity index (χ4n) is 3.02. The summed E-state index contributed by atoms with van der Waals surface area (Å²) in [5.74, 6) is -1.44. The first-order valence-corrected chi connectivity index (χ1v) is 11.8. The maximum atomic E-state index is 14.4. The van der Waals surface area contributed by atoms with Gasteiger partial charge in [0.25, 0.3) is 5.91 Å². The predicted molar refractivity (Wildman–Crippen MR) is 117 cm³/mol. The first kappa shape index (κ1) is 22.1. The lowest BCUT2D eigenvalue weighted by molar-refractivity contribution is 0.0933. The van der Waals surface area contributed by atoms with Crippen molar-refractivity contribution >= 4 is 27.3 Å². The van der Waals surface area contributed by atoms with Crippen LogP contribution in [0.25, 0.3) is 0 Å². The average Bonchev–Trinajstić information content (AvgIpc) is 3.22. The van der Waals surface area contributed by atoms with Crippen molar-refractivity contribution in [2.24, 2.45) is 0 Å². The molecule has 1 unspecified atom stereocenters. The van der Waals surface area contributed by atoms with Crippen LogP contribution >= 0.6 is 11.3 Å². The van der Waals surface area contributed by atoms with Crippen LogP contribution in [0.15, 0.2) is 70.9 Å². The highest BCUT2D eigenvalue weighted by molar-refractivity contribution is 7.89. The summed E-state index contributed by atoms with van der Waals surface area (Å²) in [6.07, 6.45) is 0.529. The van der Waals surface area contributed by atoms with Crippen LogP contribution in [0.5, 0.6) is 0 Å². The molecule has 3 aromatic rings. The molecule has 0 saturated heterocycles. The van der Waals surface area contributed by atoms with Crippen molar-refractivity contribution in [3.8, 4) is 0 Å². The molecule has 1 heterocycles. The lowest BCUT2D eigenvalue weighted by Crippen LogP contribution is -2.32. The molecule has 0 fully saturated rings. The van der Waals surface area contributed by atoms with Gasteiger partial charge in [-0.15, -0.1) is 11.3 Å². The Hall–Kier alpha value is -2.55. The van der Waals surface area contributed by atoms with Gasteiger partial charge >= 0.3 is 0 Å². The number of rotatable bonds is 8. The molecular weight excluding hydrogens is 423 g/mol. The maximum Gasteiger partial charge on any atom is 0.254 e. The summed E-state index contributed by atoms with van der Waals surface area (Å²) in [5.41, 5.74) is 0.713. The van der Waals surface area contributed by atoms with Gasteiger partial charge in [0.1, 0.15) is 5.82 Å². The number of benzene rings is 2. The van der Waals surface area contributed by atoms with Crippen molar-refractivity contribution < 1.29 is 17.6 Å². The Bertz CT molecular complexity index is 1100. The lowest BCUT2D eigenvalue weighted by atomic mass is 10.0. The summed E-state index contributed by atoms with van der Waals surface area (Å²) in [7, 11) is -3.85. The van der Waals surface area contributed by atoms with Gasteiger partial charge in [-0.3, -0.25) is 4.79 Å². The van der Waals surface area contributed by atoms with Crippen LogP contribution < -0.4 is 10.0 Å². The largest absolute Gasteiger partial charge is 0.344 e. The molecule has 0 aliphatic carbocycles. The van der Waals surface area contributed by atoms with E-state index in [9.17, 15) is 17.6 Å². The molecule has 0 aliphatic heterocycles. The Labute approximate surface area is 180 Å². The zero-order valence-corrected chi connectivity index (χ0v) is 18.3. The van der Waals surface area contributed by atoms with Gasteiger partial charge in [0.2, 0.25) is 10.0 Å². The summed E-state index contributed by atoms with van der Waals surface area (Å²) >= 11 is 1.49. The van der Waals surface area contributed by atoms with E-state index in [1.54, 1.807) is 13.8 Å². The number of thiophene rings is 1. The van der Waals surface area contributed by atoms with Crippen LogP contribution in [-0.4, -0.2) is 20.4 Å². The minimum atomic E-state index is -3.85. The highest BCUT2D eigenvalue weighted by Gasteiger charge is 2.23. The van der Waals surface area contributed by atoms with E-state index in [4.69, 9.17) is 0 Å². The zero-order valence-electron chi connectivity index (χ0n) is 16.6. The van der Waals surface area contributed by atoms with Crippen LogP contribution in [-0.2, 0) is 16.4 Å². The minimum Gasteiger partial charge on any atom is -0.344 e. The number of sulfonamides is 1. The summed E-state index contributed by atoms with van der Waals surface area (Å²) in [6, 6.07) is 16.0. The Morgan fingerprint density at radius 3 is 2.43 bits per heavy atom. The Morgan fingerprint density at radius 2 is 1.80 bits per heavy atom. The fraction of sp³-hybridized carbons (Fsp3) is 0.227. The number of nitrogens with one attached hydrogen (secondary N) is 2. The van der Waals surface area contributed by atoms with Gasteiger partial charge < -0.3 is 5.32 Å². The van der Waals surface area contributed by atoms with Crippen molar-refractivity contribution in [2.75, 3.05) is 0 Å². The van der Waals surface area contributed by atoms with Gasteiger partial charge in [-0.1, -0.05) is 36.4 Å². The normalized spacial score (nSPS) is 12.7. The molecule has 0 spiro atoms. The molecule has 0 saturated carbocycles. The third-order valence-electron chi connectivity index (χ3n) is 4.36. The number of carbonyl (C=O) groups excluding carboxylic acids is 1. The quantitative estimate of drug-likeness (QED) is 0.542. The summed E-state index contributed by atoms with van der Waals surface area (Å²) < 4.78 is 41.7. The molecule has 0 radical (unpaired) electrons. The molecule has 1 amide bonds. The van der Waals surface area contributed by atoms with Crippen molar-refractivity contribution in [3.05, 3.63) is 87.9 Å². The molecule has 2 aromatic carbocycles. The first-order chi connectivity index (χ1) is 14.3. The van der Waals surface area contributed by atoms with Crippen molar-refractivity contribution in [1.29, 1.82) is 0 Å². The molecule has 1 aromatic heterocycles. The number of carbonyl (C=O) groups is 1. The van der Waals surface area contributed by atoms with Gasteiger partial charge in [0.15, 0.2) is 0 Å². The van der Waals surface area contributed by atoms with Gasteiger partial charge in [0, 0.05) is 10.9 Å². The molecule has 0 bridgehead atoms. The van der Waals surface area contributed by atoms with E-state index < -0.39 is 21.7 Å². The van der Waals surface area contributed by atoms with Gasteiger partial charge in [-0.25, -0.2) is 17.5 Å². The van der Waals surface area contributed by atoms with Crippen LogP contribution in [0, 0.1) is 5.82 Å². The monoisotopic (exact) mass is 446 g/mol. The predicted octanol–water partition coefficient (Wildman–Crippen LogP) is 4.29. The Balaban J connectivity index is 1.88. The molecule has 0 aliphatic rings. The van der Waals surface area contributed by atoms with Crippen molar-refractivity contribution in [3.63, 3.8) is 0 Å². The molecule has 30 heavy (non-hydrogen) atoms. The molecule has 158 valence electrons. The first-order valence-electron chi connectivity index (χ1n) is 9.46. The van der Waals surface area contributed by atoms with Gasteiger partial charge in [-0.05, 0) is 55.5 Å². The smallest absolute Gasteiger partial charge is 0.254 e. The standard InChI is InChI=1S/C22H23FN2O3S2/c1-15(2)25-30(27,28)17-10-11-19(23)18(14-17)22(26)24-20(21-9-6-12-29-21)13-16-7-4-3-5-8-16/h3-12,14-15,20,25H,13H2,1-2H3,(H,24,26).